The van der Waals surface area contributed by atoms with Gasteiger partial charge in [-0.2, -0.15) is 13.2 Å². The maximum atomic E-state index is 12.5. The van der Waals surface area contributed by atoms with Crippen molar-refractivity contribution in [1.29, 1.82) is 0 Å². The molecule has 1 fully saturated rings. The maximum Gasteiger partial charge on any atom is 0.416 e. The summed E-state index contributed by atoms with van der Waals surface area (Å²) < 4.78 is 37.5. The normalized spacial score (nSPS) is 25.5. The molecule has 106 valence electrons. The molecule has 0 aromatic heterocycles. The Hall–Kier alpha value is -1.03. The van der Waals surface area contributed by atoms with Gasteiger partial charge in [0.25, 0.3) is 0 Å². The molecule has 1 saturated carbocycles. The minimum Gasteiger partial charge on any atom is -0.324 e. The average molecular weight is 271 g/mol. The molecule has 1 aliphatic carbocycles. The SMILES string of the molecule is CCC1CCC(C(N)c2ccc(C(F)(F)F)cc2)C1. The maximum absolute atomic E-state index is 12.5. The van der Waals surface area contributed by atoms with Crippen LogP contribution in [0.4, 0.5) is 13.2 Å². The Morgan fingerprint density at radius 3 is 2.32 bits per heavy atom. The Morgan fingerprint density at radius 1 is 1.21 bits per heavy atom. The van der Waals surface area contributed by atoms with Crippen LogP contribution in [0.2, 0.25) is 0 Å². The Labute approximate surface area is 112 Å². The van der Waals surface area contributed by atoms with Gasteiger partial charge in [0.1, 0.15) is 0 Å². The molecule has 3 unspecified atom stereocenters. The van der Waals surface area contributed by atoms with E-state index in [-0.39, 0.29) is 6.04 Å². The zero-order chi connectivity index (χ0) is 14.0. The quantitative estimate of drug-likeness (QED) is 0.858. The Balaban J connectivity index is 2.06. The third kappa shape index (κ3) is 3.30. The van der Waals surface area contributed by atoms with Crippen LogP contribution in [-0.4, -0.2) is 0 Å². The van der Waals surface area contributed by atoms with Crippen LogP contribution >= 0.6 is 0 Å². The first-order valence-corrected chi connectivity index (χ1v) is 6.84. The van der Waals surface area contributed by atoms with Crippen LogP contribution in [0, 0.1) is 11.8 Å². The van der Waals surface area contributed by atoms with Crippen molar-refractivity contribution in [2.75, 3.05) is 0 Å². The number of hydrogen-bond donors (Lipinski definition) is 1. The molecule has 0 aliphatic heterocycles. The van der Waals surface area contributed by atoms with Gasteiger partial charge in [-0.3, -0.25) is 0 Å². The van der Waals surface area contributed by atoms with E-state index in [1.807, 2.05) is 0 Å². The molecule has 2 N–H and O–H groups in total. The fourth-order valence-corrected chi connectivity index (χ4v) is 2.98. The summed E-state index contributed by atoms with van der Waals surface area (Å²) in [7, 11) is 0. The highest BCUT2D eigenvalue weighted by Crippen LogP contribution is 2.39. The molecular formula is C15H20F3N. The van der Waals surface area contributed by atoms with Gasteiger partial charge < -0.3 is 5.73 Å². The molecule has 0 spiro atoms. The Bertz CT molecular complexity index is 410. The van der Waals surface area contributed by atoms with Gasteiger partial charge in [0.2, 0.25) is 0 Å². The standard InChI is InChI=1S/C15H20F3N/c1-2-10-3-4-12(9-10)14(19)11-5-7-13(8-6-11)15(16,17)18/h5-8,10,12,14H,2-4,9,19H2,1H3. The van der Waals surface area contributed by atoms with Crippen LogP contribution in [0.1, 0.15) is 49.8 Å². The third-order valence-electron chi connectivity index (χ3n) is 4.29. The van der Waals surface area contributed by atoms with Crippen molar-refractivity contribution in [3.8, 4) is 0 Å². The van der Waals surface area contributed by atoms with Crippen molar-refractivity contribution in [1.82, 2.24) is 0 Å². The van der Waals surface area contributed by atoms with Gasteiger partial charge in [-0.1, -0.05) is 31.9 Å². The van der Waals surface area contributed by atoms with E-state index in [0.717, 1.165) is 42.9 Å². The van der Waals surface area contributed by atoms with E-state index in [4.69, 9.17) is 5.73 Å². The topological polar surface area (TPSA) is 26.0 Å². The lowest BCUT2D eigenvalue weighted by molar-refractivity contribution is -0.137. The number of benzene rings is 1. The molecule has 0 bridgehead atoms. The Kier molecular flexibility index (Phi) is 4.19. The highest BCUT2D eigenvalue weighted by molar-refractivity contribution is 5.27. The van der Waals surface area contributed by atoms with E-state index in [0.29, 0.717) is 5.92 Å². The lowest BCUT2D eigenvalue weighted by Gasteiger charge is -2.20. The van der Waals surface area contributed by atoms with Crippen LogP contribution in [0.25, 0.3) is 0 Å². The van der Waals surface area contributed by atoms with Crippen molar-refractivity contribution in [3.63, 3.8) is 0 Å². The first-order valence-electron chi connectivity index (χ1n) is 6.84. The van der Waals surface area contributed by atoms with E-state index in [2.05, 4.69) is 6.92 Å². The van der Waals surface area contributed by atoms with Gasteiger partial charge in [0.15, 0.2) is 0 Å². The van der Waals surface area contributed by atoms with Gasteiger partial charge in [-0.25, -0.2) is 0 Å². The van der Waals surface area contributed by atoms with Crippen molar-refractivity contribution >= 4 is 0 Å². The second-order valence-corrected chi connectivity index (χ2v) is 5.49. The molecule has 1 aromatic carbocycles. The highest BCUT2D eigenvalue weighted by Gasteiger charge is 2.32. The summed E-state index contributed by atoms with van der Waals surface area (Å²) in [5, 5.41) is 0. The molecule has 1 nitrogen and oxygen atoms in total. The Morgan fingerprint density at radius 2 is 1.84 bits per heavy atom. The molecule has 1 aromatic rings. The summed E-state index contributed by atoms with van der Waals surface area (Å²) in [6.07, 6.45) is 0.258. The first kappa shape index (κ1) is 14.4. The van der Waals surface area contributed by atoms with Crippen LogP contribution in [0.5, 0.6) is 0 Å². The van der Waals surface area contributed by atoms with Crippen LogP contribution in [0.15, 0.2) is 24.3 Å². The summed E-state index contributed by atoms with van der Waals surface area (Å²) in [4.78, 5) is 0. The van der Waals surface area contributed by atoms with Crippen molar-refractivity contribution in [2.24, 2.45) is 17.6 Å². The molecule has 4 heteroatoms. The molecule has 0 heterocycles. The average Bonchev–Trinajstić information content (AvgIpc) is 2.86. The lowest BCUT2D eigenvalue weighted by atomic mass is 9.91. The molecule has 0 saturated heterocycles. The molecule has 0 radical (unpaired) electrons. The van der Waals surface area contributed by atoms with E-state index in [9.17, 15) is 13.2 Å². The van der Waals surface area contributed by atoms with Gasteiger partial charge in [-0.05, 0) is 42.4 Å². The van der Waals surface area contributed by atoms with Gasteiger partial charge in [0.05, 0.1) is 5.56 Å². The number of alkyl halides is 3. The molecular weight excluding hydrogens is 251 g/mol. The monoisotopic (exact) mass is 271 g/mol. The summed E-state index contributed by atoms with van der Waals surface area (Å²) in [6.45, 7) is 2.18. The highest BCUT2D eigenvalue weighted by atomic mass is 19.4. The fraction of sp³-hybridized carbons (Fsp3) is 0.600. The van der Waals surface area contributed by atoms with Crippen molar-refractivity contribution < 1.29 is 13.2 Å². The van der Waals surface area contributed by atoms with E-state index < -0.39 is 11.7 Å². The number of nitrogens with two attached hydrogens (primary N) is 1. The van der Waals surface area contributed by atoms with Crippen LogP contribution < -0.4 is 5.73 Å². The minimum absolute atomic E-state index is 0.140. The summed E-state index contributed by atoms with van der Waals surface area (Å²) in [6, 6.07) is 5.15. The first-order chi connectivity index (χ1) is 8.91. The zero-order valence-electron chi connectivity index (χ0n) is 11.1. The zero-order valence-corrected chi connectivity index (χ0v) is 11.1. The smallest absolute Gasteiger partial charge is 0.324 e. The van der Waals surface area contributed by atoms with Crippen LogP contribution in [-0.2, 0) is 6.18 Å². The van der Waals surface area contributed by atoms with Crippen LogP contribution in [0.3, 0.4) is 0 Å². The second kappa shape index (κ2) is 5.53. The predicted octanol–water partition coefficient (Wildman–Crippen LogP) is 4.53. The molecule has 2 rings (SSSR count). The molecule has 3 atom stereocenters. The number of rotatable bonds is 3. The van der Waals surface area contributed by atoms with Gasteiger partial charge >= 0.3 is 6.18 Å². The summed E-state index contributed by atoms with van der Waals surface area (Å²) in [5.41, 5.74) is 6.40. The molecule has 1 aliphatic rings. The van der Waals surface area contributed by atoms with Gasteiger partial charge in [-0.15, -0.1) is 0 Å². The number of halogens is 3. The minimum atomic E-state index is -4.27. The van der Waals surface area contributed by atoms with Crippen molar-refractivity contribution in [2.45, 2.75) is 44.8 Å². The lowest BCUT2D eigenvalue weighted by Crippen LogP contribution is -2.19. The molecule has 0 amide bonds. The third-order valence-corrected chi connectivity index (χ3v) is 4.29. The predicted molar refractivity (Wildman–Crippen MR) is 69.5 cm³/mol. The van der Waals surface area contributed by atoms with E-state index >= 15 is 0 Å². The van der Waals surface area contributed by atoms with E-state index in [1.165, 1.54) is 18.6 Å². The second-order valence-electron chi connectivity index (χ2n) is 5.49. The van der Waals surface area contributed by atoms with Crippen molar-refractivity contribution in [3.05, 3.63) is 35.4 Å². The fourth-order valence-electron chi connectivity index (χ4n) is 2.98. The number of hydrogen-bond acceptors (Lipinski definition) is 1. The van der Waals surface area contributed by atoms with E-state index in [1.54, 1.807) is 0 Å². The molecule has 19 heavy (non-hydrogen) atoms. The van der Waals surface area contributed by atoms with Gasteiger partial charge in [0, 0.05) is 6.04 Å². The summed E-state index contributed by atoms with van der Waals surface area (Å²) >= 11 is 0. The summed E-state index contributed by atoms with van der Waals surface area (Å²) in [5.74, 6) is 1.13. The largest absolute Gasteiger partial charge is 0.416 e.